The summed E-state index contributed by atoms with van der Waals surface area (Å²) in [5, 5.41) is 4.80. The summed E-state index contributed by atoms with van der Waals surface area (Å²) in [6, 6.07) is 7.46. The molecule has 0 amide bonds. The topological polar surface area (TPSA) is 67.9 Å². The fraction of sp³-hybridized carbons (Fsp3) is 0.455. The number of nitrogens with zero attached hydrogens (tertiary/aromatic N) is 5. The van der Waals surface area contributed by atoms with Gasteiger partial charge in [0, 0.05) is 53.5 Å². The Morgan fingerprint density at radius 3 is 2.72 bits per heavy atom. The Balaban J connectivity index is 1.25. The van der Waals surface area contributed by atoms with E-state index < -0.39 is 0 Å². The van der Waals surface area contributed by atoms with Crippen LogP contribution in [0.5, 0.6) is 0 Å². The van der Waals surface area contributed by atoms with E-state index in [2.05, 4.69) is 15.0 Å². The van der Waals surface area contributed by atoms with Crippen LogP contribution in [0, 0.1) is 0 Å². The summed E-state index contributed by atoms with van der Waals surface area (Å²) < 4.78 is 5.47. The van der Waals surface area contributed by atoms with Gasteiger partial charge in [-0.1, -0.05) is 36.0 Å². The Hall–Kier alpha value is -2.31. The zero-order chi connectivity index (χ0) is 19.6. The van der Waals surface area contributed by atoms with Crippen molar-refractivity contribution in [3.63, 3.8) is 0 Å². The highest BCUT2D eigenvalue weighted by Gasteiger charge is 2.23. The summed E-state index contributed by atoms with van der Waals surface area (Å²) in [5.74, 6) is 2.82. The first-order valence-electron chi connectivity index (χ1n) is 10.4. The third kappa shape index (κ3) is 4.19. The maximum atomic E-state index is 5.95. The van der Waals surface area contributed by atoms with Gasteiger partial charge in [0.25, 0.3) is 0 Å². The minimum absolute atomic E-state index is 0.553. The van der Waals surface area contributed by atoms with Crippen LogP contribution in [0.25, 0.3) is 11.4 Å². The number of aromatic nitrogens is 4. The van der Waals surface area contributed by atoms with Gasteiger partial charge in [-0.25, -0.2) is 9.97 Å². The molecule has 3 heterocycles. The predicted molar refractivity (Wildman–Crippen MR) is 110 cm³/mol. The molecular weight excluding hydrogens is 386 g/mol. The van der Waals surface area contributed by atoms with Crippen LogP contribution < -0.4 is 0 Å². The first-order chi connectivity index (χ1) is 14.2. The molecule has 0 bridgehead atoms. The average Bonchev–Trinajstić information content (AvgIpc) is 3.23. The van der Waals surface area contributed by atoms with Crippen molar-refractivity contribution in [2.24, 2.45) is 0 Å². The van der Waals surface area contributed by atoms with Gasteiger partial charge >= 0.3 is 0 Å². The lowest BCUT2D eigenvalue weighted by molar-refractivity contribution is 0.208. The van der Waals surface area contributed by atoms with Gasteiger partial charge < -0.3 is 4.52 Å². The smallest absolute Gasteiger partial charge is 0.241 e. The molecule has 0 radical (unpaired) electrons. The van der Waals surface area contributed by atoms with Gasteiger partial charge in [0.2, 0.25) is 11.7 Å². The Kier molecular flexibility index (Phi) is 5.29. The van der Waals surface area contributed by atoms with Crippen molar-refractivity contribution in [3.8, 4) is 11.4 Å². The second kappa shape index (κ2) is 8.20. The van der Waals surface area contributed by atoms with E-state index in [1.54, 1.807) is 0 Å². The van der Waals surface area contributed by atoms with Gasteiger partial charge in [0.05, 0.1) is 6.54 Å². The molecule has 0 N–H and O–H groups in total. The summed E-state index contributed by atoms with van der Waals surface area (Å²) in [6.45, 7) is 2.39. The lowest BCUT2D eigenvalue weighted by Crippen LogP contribution is -2.31. The Labute approximate surface area is 175 Å². The van der Waals surface area contributed by atoms with Gasteiger partial charge in [-0.3, -0.25) is 4.90 Å². The Morgan fingerprint density at radius 1 is 1.07 bits per heavy atom. The SMILES string of the molecule is Clc1ccc(-c2noc(CN3CCc4nc(C5CCCCC5)ncc4C3)n2)cc1. The van der Waals surface area contributed by atoms with Gasteiger partial charge in [0.1, 0.15) is 5.82 Å². The van der Waals surface area contributed by atoms with Crippen molar-refractivity contribution in [1.82, 2.24) is 25.0 Å². The molecular formula is C22H24ClN5O. The lowest BCUT2D eigenvalue weighted by Gasteiger charge is -2.28. The number of benzene rings is 1. The molecule has 0 unspecified atom stereocenters. The second-order valence-electron chi connectivity index (χ2n) is 8.01. The highest BCUT2D eigenvalue weighted by molar-refractivity contribution is 6.30. The van der Waals surface area contributed by atoms with E-state index in [4.69, 9.17) is 26.1 Å². The average molecular weight is 410 g/mol. The second-order valence-corrected chi connectivity index (χ2v) is 8.45. The van der Waals surface area contributed by atoms with E-state index in [-0.39, 0.29) is 0 Å². The van der Waals surface area contributed by atoms with Crippen LogP contribution in [0.4, 0.5) is 0 Å². The first kappa shape index (κ1) is 18.7. The molecule has 7 heteroatoms. The number of halogens is 1. The molecule has 2 aromatic heterocycles. The zero-order valence-corrected chi connectivity index (χ0v) is 17.1. The van der Waals surface area contributed by atoms with E-state index in [0.29, 0.717) is 29.2 Å². The molecule has 1 aliphatic carbocycles. The van der Waals surface area contributed by atoms with Crippen molar-refractivity contribution in [3.05, 3.63) is 58.5 Å². The molecule has 6 nitrogen and oxygen atoms in total. The third-order valence-electron chi connectivity index (χ3n) is 5.93. The van der Waals surface area contributed by atoms with Crippen molar-refractivity contribution < 1.29 is 4.52 Å². The van der Waals surface area contributed by atoms with E-state index in [1.807, 2.05) is 30.5 Å². The number of rotatable bonds is 4. The number of fused-ring (bicyclic) bond motifs is 1. The Morgan fingerprint density at radius 2 is 1.90 bits per heavy atom. The highest BCUT2D eigenvalue weighted by atomic mass is 35.5. The van der Waals surface area contributed by atoms with Crippen LogP contribution in [0.2, 0.25) is 5.02 Å². The molecule has 1 saturated carbocycles. The monoisotopic (exact) mass is 409 g/mol. The Bertz CT molecular complexity index is 981. The predicted octanol–water partition coefficient (Wildman–Crippen LogP) is 4.79. The van der Waals surface area contributed by atoms with Crippen LogP contribution in [0.1, 0.15) is 61.0 Å². The van der Waals surface area contributed by atoms with Gasteiger partial charge in [0.15, 0.2) is 0 Å². The van der Waals surface area contributed by atoms with Crippen molar-refractivity contribution in [2.45, 2.75) is 57.5 Å². The normalized spacial score (nSPS) is 18.0. The molecule has 1 aromatic carbocycles. The van der Waals surface area contributed by atoms with E-state index >= 15 is 0 Å². The summed E-state index contributed by atoms with van der Waals surface area (Å²) in [4.78, 5) is 16.5. The van der Waals surface area contributed by atoms with Gasteiger partial charge in [-0.2, -0.15) is 4.98 Å². The molecule has 150 valence electrons. The molecule has 0 atom stereocenters. The van der Waals surface area contributed by atoms with Crippen LogP contribution >= 0.6 is 11.6 Å². The van der Waals surface area contributed by atoms with Crippen LogP contribution in [-0.2, 0) is 19.5 Å². The zero-order valence-electron chi connectivity index (χ0n) is 16.4. The number of hydrogen-bond acceptors (Lipinski definition) is 6. The summed E-state index contributed by atoms with van der Waals surface area (Å²) in [5.41, 5.74) is 3.33. The minimum atomic E-state index is 0.553. The summed E-state index contributed by atoms with van der Waals surface area (Å²) in [7, 11) is 0. The summed E-state index contributed by atoms with van der Waals surface area (Å²) in [6.07, 6.45) is 9.41. The minimum Gasteiger partial charge on any atom is -0.338 e. The van der Waals surface area contributed by atoms with Crippen molar-refractivity contribution >= 4 is 11.6 Å². The van der Waals surface area contributed by atoms with Gasteiger partial charge in [-0.15, -0.1) is 0 Å². The molecule has 0 saturated heterocycles. The lowest BCUT2D eigenvalue weighted by atomic mass is 9.88. The molecule has 1 fully saturated rings. The fourth-order valence-corrected chi connectivity index (χ4v) is 4.44. The van der Waals surface area contributed by atoms with Crippen LogP contribution in [0.15, 0.2) is 35.0 Å². The van der Waals surface area contributed by atoms with Crippen molar-refractivity contribution in [1.29, 1.82) is 0 Å². The van der Waals surface area contributed by atoms with Crippen molar-refractivity contribution in [2.75, 3.05) is 6.54 Å². The van der Waals surface area contributed by atoms with E-state index in [9.17, 15) is 0 Å². The molecule has 2 aliphatic rings. The fourth-order valence-electron chi connectivity index (χ4n) is 4.31. The first-order valence-corrected chi connectivity index (χ1v) is 10.8. The molecule has 5 rings (SSSR count). The maximum absolute atomic E-state index is 5.95. The standard InChI is InChI=1S/C22H24ClN5O/c23-18-8-6-16(7-9-18)22-26-20(29-27-22)14-28-11-10-19-17(13-28)12-24-21(25-19)15-4-2-1-3-5-15/h6-9,12,15H,1-5,10-11,13-14H2. The largest absolute Gasteiger partial charge is 0.338 e. The van der Waals surface area contributed by atoms with Crippen LogP contribution in [0.3, 0.4) is 0 Å². The van der Waals surface area contributed by atoms with E-state index in [0.717, 1.165) is 30.9 Å². The molecule has 3 aromatic rings. The molecule has 0 spiro atoms. The third-order valence-corrected chi connectivity index (χ3v) is 6.18. The summed E-state index contributed by atoms with van der Waals surface area (Å²) >= 11 is 5.95. The molecule has 1 aliphatic heterocycles. The maximum Gasteiger partial charge on any atom is 0.241 e. The number of hydrogen-bond donors (Lipinski definition) is 0. The van der Waals surface area contributed by atoms with E-state index in [1.165, 1.54) is 43.4 Å². The van der Waals surface area contributed by atoms with Crippen LogP contribution in [-0.4, -0.2) is 31.6 Å². The molecule has 29 heavy (non-hydrogen) atoms. The quantitative estimate of drug-likeness (QED) is 0.617. The highest BCUT2D eigenvalue weighted by Crippen LogP contribution is 2.31. The van der Waals surface area contributed by atoms with Gasteiger partial charge in [-0.05, 0) is 37.1 Å².